The van der Waals surface area contributed by atoms with Crippen molar-refractivity contribution in [2.24, 2.45) is 28.3 Å². The minimum absolute atomic E-state index is 0.0177. The largest absolute Gasteiger partial charge is 0.444 e. The van der Waals surface area contributed by atoms with Crippen molar-refractivity contribution in [2.75, 3.05) is 19.6 Å². The Morgan fingerprint density at radius 3 is 2.14 bits per heavy atom. The third kappa shape index (κ3) is 13.5. The topological polar surface area (TPSA) is 210 Å². The number of rotatable bonds is 15. The molecule has 0 saturated carbocycles. The van der Waals surface area contributed by atoms with Gasteiger partial charge in [0, 0.05) is 19.6 Å². The molecule has 0 unspecified atom stereocenters. The first-order valence-electron chi connectivity index (χ1n) is 15.2. The normalized spacial score (nSPS) is 17.1. The van der Waals surface area contributed by atoms with E-state index in [0.717, 1.165) is 0 Å². The lowest BCUT2D eigenvalue weighted by atomic mass is 9.99. The van der Waals surface area contributed by atoms with E-state index in [1.807, 2.05) is 20.8 Å². The highest BCUT2D eigenvalue weighted by atomic mass is 16.6. The molecule has 8 N–H and O–H groups in total. The molecule has 0 aromatic carbocycles. The molecular weight excluding hydrogens is 556 g/mol. The molecule has 0 bridgehead atoms. The van der Waals surface area contributed by atoms with Crippen LogP contribution in [-0.2, 0) is 23.9 Å². The van der Waals surface area contributed by atoms with E-state index >= 15 is 0 Å². The second kappa shape index (κ2) is 17.5. The minimum atomic E-state index is -0.986. The maximum absolute atomic E-state index is 13.7. The lowest BCUT2D eigenvalue weighted by Gasteiger charge is -2.31. The number of hydrogen-bond donors (Lipinski definition) is 6. The number of likely N-dealkylation sites (tertiary alicyclic amines) is 1. The van der Waals surface area contributed by atoms with Gasteiger partial charge in [-0.2, -0.15) is 0 Å². The highest BCUT2D eigenvalue weighted by Gasteiger charge is 2.38. The highest BCUT2D eigenvalue weighted by Crippen LogP contribution is 2.20. The zero-order valence-corrected chi connectivity index (χ0v) is 27.1. The number of nitrogens with zero attached hydrogens (tertiary/aromatic N) is 2. The van der Waals surface area contributed by atoms with Crippen LogP contribution >= 0.6 is 0 Å². The summed E-state index contributed by atoms with van der Waals surface area (Å²) < 4.78 is 5.31. The highest BCUT2D eigenvalue weighted by molar-refractivity contribution is 5.95. The number of carbonyl (C=O) groups is 5. The van der Waals surface area contributed by atoms with E-state index in [9.17, 15) is 24.0 Å². The molecule has 1 aliphatic heterocycles. The number of amides is 5. The van der Waals surface area contributed by atoms with Gasteiger partial charge in [-0.1, -0.05) is 27.7 Å². The van der Waals surface area contributed by atoms with Gasteiger partial charge in [0.25, 0.3) is 0 Å². The van der Waals surface area contributed by atoms with Gasteiger partial charge in [0.1, 0.15) is 29.8 Å². The fraction of sp³-hybridized carbons (Fsp3) is 0.793. The maximum atomic E-state index is 13.7. The summed E-state index contributed by atoms with van der Waals surface area (Å²) in [6, 6.07) is -3.54. The van der Waals surface area contributed by atoms with E-state index in [1.54, 1.807) is 34.6 Å². The average molecular weight is 611 g/mol. The predicted octanol–water partition coefficient (Wildman–Crippen LogP) is 0.732. The first-order chi connectivity index (χ1) is 20.0. The number of nitrogens with one attached hydrogen (secondary N) is 4. The molecule has 4 atom stereocenters. The number of guanidine groups is 1. The van der Waals surface area contributed by atoms with Crippen molar-refractivity contribution < 1.29 is 28.7 Å². The third-order valence-electron chi connectivity index (χ3n) is 6.71. The molecular formula is C29H54N8O6. The molecule has 0 radical (unpaired) electrons. The first-order valence-corrected chi connectivity index (χ1v) is 15.2. The maximum Gasteiger partial charge on any atom is 0.408 e. The SMILES string of the molecule is CCNC(=O)[C@@H]1CCCN1C(=O)[C@H](CCCN=C(N)N)NC(=O)[C@H](CC(C)C)NC(=O)[C@H](NC(=O)OC(C)(C)C)C(C)C. The van der Waals surface area contributed by atoms with Gasteiger partial charge in [-0.15, -0.1) is 0 Å². The van der Waals surface area contributed by atoms with Crippen LogP contribution < -0.4 is 32.7 Å². The first kappa shape index (κ1) is 37.4. The van der Waals surface area contributed by atoms with Crippen molar-refractivity contribution >= 4 is 35.7 Å². The van der Waals surface area contributed by atoms with Crippen molar-refractivity contribution in [2.45, 2.75) is 117 Å². The summed E-state index contributed by atoms with van der Waals surface area (Å²) in [6.45, 7) is 15.4. The second-order valence-corrected chi connectivity index (χ2v) is 12.7. The fourth-order valence-electron chi connectivity index (χ4n) is 4.76. The van der Waals surface area contributed by atoms with Crippen LogP contribution in [0.15, 0.2) is 4.99 Å². The molecule has 0 aromatic rings. The van der Waals surface area contributed by atoms with Gasteiger partial charge >= 0.3 is 6.09 Å². The van der Waals surface area contributed by atoms with Crippen LogP contribution in [0.5, 0.6) is 0 Å². The second-order valence-electron chi connectivity index (χ2n) is 12.7. The van der Waals surface area contributed by atoms with Gasteiger partial charge in [0.05, 0.1) is 0 Å². The summed E-state index contributed by atoms with van der Waals surface area (Å²) in [6.07, 6.45) is 1.34. The van der Waals surface area contributed by atoms with Gasteiger partial charge in [0.15, 0.2) is 5.96 Å². The quantitative estimate of drug-likeness (QED) is 0.0882. The third-order valence-corrected chi connectivity index (χ3v) is 6.71. The van der Waals surface area contributed by atoms with Gasteiger partial charge in [0.2, 0.25) is 23.6 Å². The van der Waals surface area contributed by atoms with E-state index in [2.05, 4.69) is 26.3 Å². The molecule has 1 aliphatic rings. The minimum Gasteiger partial charge on any atom is -0.444 e. The Balaban J connectivity index is 3.18. The van der Waals surface area contributed by atoms with E-state index < -0.39 is 47.7 Å². The van der Waals surface area contributed by atoms with Crippen LogP contribution in [0.2, 0.25) is 0 Å². The lowest BCUT2D eigenvalue weighted by molar-refractivity contribution is -0.142. The monoisotopic (exact) mass is 610 g/mol. The standard InChI is InChI=1S/C29H54N8O6/c1-9-32-24(39)21-13-11-15-37(21)26(41)19(12-10-14-33-27(30)31)34-23(38)20(16-17(2)3)35-25(40)22(18(4)5)36-28(42)43-29(6,7)8/h17-22H,9-16H2,1-8H3,(H,32,39)(H,34,38)(H,35,40)(H,36,42)(H4,30,31,33)/t19-,20-,21-,22+/m0/s1. The van der Waals surface area contributed by atoms with Crippen LogP contribution in [0.3, 0.4) is 0 Å². The summed E-state index contributed by atoms with van der Waals surface area (Å²) in [7, 11) is 0. The summed E-state index contributed by atoms with van der Waals surface area (Å²) in [5.74, 6) is -2.08. The van der Waals surface area contributed by atoms with Gasteiger partial charge in [-0.05, 0) is 71.6 Å². The summed E-state index contributed by atoms with van der Waals surface area (Å²) in [5.41, 5.74) is 10.1. The van der Waals surface area contributed by atoms with E-state index in [-0.39, 0.29) is 49.0 Å². The summed E-state index contributed by atoms with van der Waals surface area (Å²) in [5, 5.41) is 11.0. The van der Waals surface area contributed by atoms with Crippen molar-refractivity contribution in [3.63, 3.8) is 0 Å². The molecule has 5 amide bonds. The molecule has 0 aliphatic carbocycles. The Morgan fingerprint density at radius 1 is 0.977 bits per heavy atom. The van der Waals surface area contributed by atoms with E-state index in [1.165, 1.54) is 4.90 Å². The molecule has 0 aromatic heterocycles. The molecule has 14 nitrogen and oxygen atoms in total. The summed E-state index contributed by atoms with van der Waals surface area (Å²) in [4.78, 5) is 71.2. The number of nitrogens with two attached hydrogens (primary N) is 2. The van der Waals surface area contributed by atoms with E-state index in [0.29, 0.717) is 32.4 Å². The molecule has 43 heavy (non-hydrogen) atoms. The number of carbonyl (C=O) groups excluding carboxylic acids is 5. The lowest BCUT2D eigenvalue weighted by Crippen LogP contribution is -2.59. The van der Waals surface area contributed by atoms with Gasteiger partial charge in [-0.25, -0.2) is 4.79 Å². The van der Waals surface area contributed by atoms with Crippen LogP contribution in [0.4, 0.5) is 4.79 Å². The average Bonchev–Trinajstić information content (AvgIpc) is 3.36. The van der Waals surface area contributed by atoms with Crippen LogP contribution in [0, 0.1) is 11.8 Å². The number of likely N-dealkylation sites (N-methyl/N-ethyl adjacent to an activating group) is 1. The Kier molecular flexibility index (Phi) is 15.3. The number of ether oxygens (including phenoxy) is 1. The van der Waals surface area contributed by atoms with Crippen molar-refractivity contribution in [1.29, 1.82) is 0 Å². The Labute approximate surface area is 255 Å². The Hall–Kier alpha value is -3.58. The number of aliphatic imine (C=N–C) groups is 1. The molecule has 1 fully saturated rings. The predicted molar refractivity (Wildman–Crippen MR) is 165 cm³/mol. The molecule has 14 heteroatoms. The van der Waals surface area contributed by atoms with Crippen LogP contribution in [-0.4, -0.2) is 90.0 Å². The van der Waals surface area contributed by atoms with E-state index in [4.69, 9.17) is 16.2 Å². The molecule has 1 rings (SSSR count). The van der Waals surface area contributed by atoms with Crippen molar-refractivity contribution in [1.82, 2.24) is 26.2 Å². The molecule has 1 saturated heterocycles. The fourth-order valence-corrected chi connectivity index (χ4v) is 4.76. The number of alkyl carbamates (subject to hydrolysis) is 1. The molecule has 1 heterocycles. The van der Waals surface area contributed by atoms with Crippen LogP contribution in [0.25, 0.3) is 0 Å². The summed E-state index contributed by atoms with van der Waals surface area (Å²) >= 11 is 0. The molecule has 246 valence electrons. The Bertz CT molecular complexity index is 990. The van der Waals surface area contributed by atoms with Gasteiger partial charge in [-0.3, -0.25) is 24.2 Å². The Morgan fingerprint density at radius 2 is 1.60 bits per heavy atom. The smallest absolute Gasteiger partial charge is 0.408 e. The number of hydrogen-bond acceptors (Lipinski definition) is 7. The van der Waals surface area contributed by atoms with Gasteiger partial charge < -0.3 is 42.4 Å². The molecule has 0 spiro atoms. The zero-order valence-electron chi connectivity index (χ0n) is 27.1. The van der Waals surface area contributed by atoms with Crippen LogP contribution in [0.1, 0.15) is 87.5 Å². The van der Waals surface area contributed by atoms with Crippen molar-refractivity contribution in [3.8, 4) is 0 Å². The zero-order chi connectivity index (χ0) is 32.9. The van der Waals surface area contributed by atoms with Crippen molar-refractivity contribution in [3.05, 3.63) is 0 Å².